The van der Waals surface area contributed by atoms with Crippen molar-refractivity contribution >= 4 is 34.0 Å². The number of aldehydes is 1. The van der Waals surface area contributed by atoms with E-state index in [9.17, 15) is 9.59 Å². The zero-order valence-electron chi connectivity index (χ0n) is 12.9. The van der Waals surface area contributed by atoms with Crippen LogP contribution in [0, 0.1) is 0 Å². The highest BCUT2D eigenvalue weighted by molar-refractivity contribution is 9.10. The monoisotopic (exact) mass is 369 g/mol. The first-order valence-corrected chi connectivity index (χ1v) is 7.92. The molecule has 2 heterocycles. The van der Waals surface area contributed by atoms with Crippen LogP contribution in [0.15, 0.2) is 16.9 Å². The van der Waals surface area contributed by atoms with E-state index in [-0.39, 0.29) is 6.04 Å². The summed E-state index contributed by atoms with van der Waals surface area (Å²) < 4.78 is 6.04. The number of carbonyl (C=O) groups is 2. The van der Waals surface area contributed by atoms with Crippen molar-refractivity contribution in [3.8, 4) is 0 Å². The molecule has 1 aliphatic rings. The van der Waals surface area contributed by atoms with Gasteiger partial charge in [0.15, 0.2) is 6.29 Å². The number of hydrogen-bond acceptors (Lipinski definition) is 5. The van der Waals surface area contributed by atoms with Gasteiger partial charge in [-0.05, 0) is 43.1 Å². The summed E-state index contributed by atoms with van der Waals surface area (Å²) in [6.45, 7) is 6.88. The first-order valence-electron chi connectivity index (χ1n) is 7.13. The lowest BCUT2D eigenvalue weighted by molar-refractivity contribution is 0.0509. The first-order chi connectivity index (χ1) is 10.3. The summed E-state index contributed by atoms with van der Waals surface area (Å²) >= 11 is 3.43. The minimum Gasteiger partial charge on any atom is -0.444 e. The normalized spacial score (nSPS) is 18.2. The Labute approximate surface area is 138 Å². The van der Waals surface area contributed by atoms with Crippen LogP contribution < -0.4 is 10.2 Å². The number of aromatic nitrogens is 1. The fourth-order valence-electron chi connectivity index (χ4n) is 2.42. The van der Waals surface area contributed by atoms with E-state index < -0.39 is 11.7 Å². The number of halogens is 1. The van der Waals surface area contributed by atoms with Gasteiger partial charge in [-0.25, -0.2) is 4.79 Å². The topological polar surface area (TPSA) is 71.5 Å². The number of alkyl carbamates (subject to hydrolysis) is 1. The van der Waals surface area contributed by atoms with Crippen LogP contribution in [0.1, 0.15) is 37.6 Å². The SMILES string of the molecule is CC(C)(C)OC(=O)N[C@H]1CCN(c2c(Br)cncc2C=O)C1. The molecule has 0 saturated carbocycles. The zero-order valence-corrected chi connectivity index (χ0v) is 14.5. The highest BCUT2D eigenvalue weighted by Gasteiger charge is 2.28. The second-order valence-electron chi connectivity index (χ2n) is 6.25. The molecule has 1 atom stereocenters. The molecule has 22 heavy (non-hydrogen) atoms. The molecule has 1 saturated heterocycles. The molecule has 0 spiro atoms. The molecule has 0 aromatic carbocycles. The summed E-state index contributed by atoms with van der Waals surface area (Å²) in [5, 5.41) is 2.87. The van der Waals surface area contributed by atoms with E-state index in [0.717, 1.165) is 29.4 Å². The molecule has 0 radical (unpaired) electrons. The summed E-state index contributed by atoms with van der Waals surface area (Å²) in [5.41, 5.74) is 0.840. The Kier molecular flexibility index (Phi) is 5.05. The average molecular weight is 370 g/mol. The number of carbonyl (C=O) groups excluding carboxylic acids is 2. The number of pyridine rings is 1. The Hall–Kier alpha value is -1.63. The van der Waals surface area contributed by atoms with Crippen LogP contribution in [0.5, 0.6) is 0 Å². The number of anilines is 1. The van der Waals surface area contributed by atoms with Crippen molar-refractivity contribution in [3.05, 3.63) is 22.4 Å². The Bertz CT molecular complexity index is 572. The van der Waals surface area contributed by atoms with E-state index in [2.05, 4.69) is 31.1 Å². The largest absolute Gasteiger partial charge is 0.444 e. The number of nitrogens with zero attached hydrogens (tertiary/aromatic N) is 2. The van der Waals surface area contributed by atoms with E-state index in [1.54, 1.807) is 12.4 Å². The van der Waals surface area contributed by atoms with E-state index in [0.29, 0.717) is 12.1 Å². The Morgan fingerprint density at radius 1 is 1.50 bits per heavy atom. The van der Waals surface area contributed by atoms with Crippen molar-refractivity contribution in [1.29, 1.82) is 0 Å². The van der Waals surface area contributed by atoms with Crippen LogP contribution in [-0.4, -0.2) is 42.1 Å². The van der Waals surface area contributed by atoms with Crippen molar-refractivity contribution in [1.82, 2.24) is 10.3 Å². The van der Waals surface area contributed by atoms with E-state index >= 15 is 0 Å². The van der Waals surface area contributed by atoms with Crippen LogP contribution in [-0.2, 0) is 4.74 Å². The maximum Gasteiger partial charge on any atom is 0.407 e. The molecule has 0 aliphatic carbocycles. The van der Waals surface area contributed by atoms with Crippen LogP contribution in [0.25, 0.3) is 0 Å². The highest BCUT2D eigenvalue weighted by atomic mass is 79.9. The standard InChI is InChI=1S/C15H20BrN3O3/c1-15(2,3)22-14(21)18-11-4-5-19(8-11)13-10(9-20)6-17-7-12(13)16/h6-7,9,11H,4-5,8H2,1-3H3,(H,18,21)/t11-/m0/s1. The summed E-state index contributed by atoms with van der Waals surface area (Å²) in [5.74, 6) is 0. The summed E-state index contributed by atoms with van der Waals surface area (Å²) in [7, 11) is 0. The number of hydrogen-bond donors (Lipinski definition) is 1. The molecule has 1 aromatic heterocycles. The molecule has 1 aromatic rings. The van der Waals surface area contributed by atoms with Crippen molar-refractivity contribution in [3.63, 3.8) is 0 Å². The van der Waals surface area contributed by atoms with Gasteiger partial charge in [-0.3, -0.25) is 9.78 Å². The molecule has 2 rings (SSSR count). The summed E-state index contributed by atoms with van der Waals surface area (Å²) in [4.78, 5) is 29.1. The number of nitrogens with one attached hydrogen (secondary N) is 1. The summed E-state index contributed by atoms with van der Waals surface area (Å²) in [6, 6.07) is -0.00517. The van der Waals surface area contributed by atoms with Crippen molar-refractivity contribution < 1.29 is 14.3 Å². The Morgan fingerprint density at radius 2 is 2.23 bits per heavy atom. The molecule has 1 fully saturated rings. The second kappa shape index (κ2) is 6.64. The highest BCUT2D eigenvalue weighted by Crippen LogP contribution is 2.31. The fourth-order valence-corrected chi connectivity index (χ4v) is 3.02. The number of rotatable bonds is 3. The second-order valence-corrected chi connectivity index (χ2v) is 7.11. The van der Waals surface area contributed by atoms with Gasteiger partial charge < -0.3 is 15.0 Å². The molecule has 0 unspecified atom stereocenters. The Balaban J connectivity index is 2.02. The third-order valence-corrected chi connectivity index (χ3v) is 3.83. The predicted octanol–water partition coefficient (Wildman–Crippen LogP) is 2.76. The van der Waals surface area contributed by atoms with Crippen LogP contribution in [0.2, 0.25) is 0 Å². The number of ether oxygens (including phenoxy) is 1. The third kappa shape index (κ3) is 4.19. The zero-order chi connectivity index (χ0) is 16.3. The molecular formula is C15H20BrN3O3. The quantitative estimate of drug-likeness (QED) is 0.829. The Morgan fingerprint density at radius 3 is 2.86 bits per heavy atom. The van der Waals surface area contributed by atoms with Gasteiger partial charge in [-0.15, -0.1) is 0 Å². The van der Waals surface area contributed by atoms with E-state index in [1.807, 2.05) is 20.8 Å². The van der Waals surface area contributed by atoms with Gasteiger partial charge in [-0.1, -0.05) is 0 Å². The van der Waals surface area contributed by atoms with Crippen molar-refractivity contribution in [2.24, 2.45) is 0 Å². The third-order valence-electron chi connectivity index (χ3n) is 3.25. The minimum absolute atomic E-state index is 0.00517. The molecule has 1 aliphatic heterocycles. The first kappa shape index (κ1) is 16.7. The maximum absolute atomic E-state index is 11.8. The van der Waals surface area contributed by atoms with Gasteiger partial charge in [0.2, 0.25) is 0 Å². The van der Waals surface area contributed by atoms with Gasteiger partial charge in [0, 0.05) is 25.5 Å². The molecule has 1 N–H and O–H groups in total. The van der Waals surface area contributed by atoms with Gasteiger partial charge >= 0.3 is 6.09 Å². The van der Waals surface area contributed by atoms with Gasteiger partial charge in [-0.2, -0.15) is 0 Å². The molecule has 120 valence electrons. The average Bonchev–Trinajstić information content (AvgIpc) is 2.83. The van der Waals surface area contributed by atoms with E-state index in [4.69, 9.17) is 4.74 Å². The smallest absolute Gasteiger partial charge is 0.407 e. The lowest BCUT2D eigenvalue weighted by atomic mass is 10.2. The van der Waals surface area contributed by atoms with E-state index in [1.165, 1.54) is 0 Å². The van der Waals surface area contributed by atoms with Crippen LogP contribution in [0.3, 0.4) is 0 Å². The molecular weight excluding hydrogens is 350 g/mol. The predicted molar refractivity (Wildman–Crippen MR) is 87.3 cm³/mol. The van der Waals surface area contributed by atoms with Gasteiger partial charge in [0.25, 0.3) is 0 Å². The molecule has 0 bridgehead atoms. The van der Waals surface area contributed by atoms with Crippen molar-refractivity contribution in [2.75, 3.05) is 18.0 Å². The lowest BCUT2D eigenvalue weighted by Crippen LogP contribution is -2.40. The van der Waals surface area contributed by atoms with Crippen LogP contribution in [0.4, 0.5) is 10.5 Å². The lowest BCUT2D eigenvalue weighted by Gasteiger charge is -2.23. The number of amides is 1. The fraction of sp³-hybridized carbons (Fsp3) is 0.533. The van der Waals surface area contributed by atoms with Gasteiger partial charge in [0.05, 0.1) is 21.8 Å². The summed E-state index contributed by atoms with van der Waals surface area (Å²) in [6.07, 6.45) is 4.39. The molecule has 6 nitrogen and oxygen atoms in total. The molecule has 7 heteroatoms. The molecule has 1 amide bonds. The van der Waals surface area contributed by atoms with Crippen LogP contribution >= 0.6 is 15.9 Å². The minimum atomic E-state index is -0.513. The maximum atomic E-state index is 11.8. The van der Waals surface area contributed by atoms with Gasteiger partial charge in [0.1, 0.15) is 5.60 Å². The van der Waals surface area contributed by atoms with Crippen molar-refractivity contribution in [2.45, 2.75) is 38.8 Å².